The Balaban J connectivity index is 2.18. The fraction of sp³-hybridized carbons (Fsp3) is 0. The smallest absolute Gasteiger partial charge is 0.139 e. The van der Waals surface area contributed by atoms with Crippen molar-refractivity contribution in [2.75, 3.05) is 0 Å². The molecule has 1 N–H and O–H groups in total. The first-order chi connectivity index (χ1) is 9.17. The monoisotopic (exact) mass is 331 g/mol. The molecule has 1 aromatic heterocycles. The van der Waals surface area contributed by atoms with E-state index in [-0.39, 0.29) is 0 Å². The van der Waals surface area contributed by atoms with Crippen LogP contribution in [0, 0.1) is 11.3 Å². The van der Waals surface area contributed by atoms with Crippen molar-refractivity contribution in [2.45, 2.75) is 0 Å². The van der Waals surface area contributed by atoms with E-state index in [1.54, 1.807) is 12.1 Å². The molecule has 2 aromatic carbocycles. The molecule has 0 saturated carbocycles. The number of nitrogens with zero attached hydrogens (tertiary/aromatic N) is 2. The van der Waals surface area contributed by atoms with E-state index in [4.69, 9.17) is 16.9 Å². The molecule has 0 spiro atoms. The molecule has 0 radical (unpaired) electrons. The fourth-order valence-corrected chi connectivity index (χ4v) is 2.65. The number of halogens is 2. The minimum atomic E-state index is 0.601. The molecule has 3 rings (SSSR count). The molecule has 19 heavy (non-hydrogen) atoms. The summed E-state index contributed by atoms with van der Waals surface area (Å²) in [6.07, 6.45) is 0. The summed E-state index contributed by atoms with van der Waals surface area (Å²) >= 11 is 9.58. The lowest BCUT2D eigenvalue weighted by Gasteiger charge is -2.00. The molecule has 92 valence electrons. The van der Waals surface area contributed by atoms with Crippen molar-refractivity contribution in [1.29, 1.82) is 5.26 Å². The minimum Gasteiger partial charge on any atom is -0.338 e. The highest BCUT2D eigenvalue weighted by molar-refractivity contribution is 9.10. The van der Waals surface area contributed by atoms with Gasteiger partial charge in [0.25, 0.3) is 0 Å². The third-order valence-electron chi connectivity index (χ3n) is 2.80. The minimum absolute atomic E-state index is 0.601. The van der Waals surface area contributed by atoms with Gasteiger partial charge in [-0.2, -0.15) is 5.26 Å². The number of nitrogens with one attached hydrogen (secondary N) is 1. The molecule has 0 aliphatic heterocycles. The SMILES string of the molecule is N#Cc1ccc2nc(-c3ccc(Br)cc3Cl)[nH]c2c1. The Morgan fingerprint density at radius 3 is 2.79 bits per heavy atom. The van der Waals surface area contributed by atoms with Crippen LogP contribution < -0.4 is 0 Å². The number of fused-ring (bicyclic) bond motifs is 1. The second-order valence-electron chi connectivity index (χ2n) is 4.05. The summed E-state index contributed by atoms with van der Waals surface area (Å²) in [5, 5.41) is 9.50. The van der Waals surface area contributed by atoms with Gasteiger partial charge < -0.3 is 4.98 Å². The van der Waals surface area contributed by atoms with Gasteiger partial charge in [-0.15, -0.1) is 0 Å². The number of nitriles is 1. The van der Waals surface area contributed by atoms with Crippen molar-refractivity contribution in [2.24, 2.45) is 0 Å². The van der Waals surface area contributed by atoms with Gasteiger partial charge in [-0.05, 0) is 36.4 Å². The number of imidazole rings is 1. The summed E-state index contributed by atoms with van der Waals surface area (Å²) in [7, 11) is 0. The maximum atomic E-state index is 8.88. The first-order valence-electron chi connectivity index (χ1n) is 5.52. The van der Waals surface area contributed by atoms with Gasteiger partial charge in [-0.25, -0.2) is 4.98 Å². The van der Waals surface area contributed by atoms with Gasteiger partial charge in [0.05, 0.1) is 27.7 Å². The van der Waals surface area contributed by atoms with Crippen LogP contribution in [0.25, 0.3) is 22.4 Å². The van der Waals surface area contributed by atoms with Crippen LogP contribution in [0.1, 0.15) is 5.56 Å². The number of aromatic nitrogens is 2. The predicted octanol–water partition coefficient (Wildman–Crippen LogP) is 4.52. The average molecular weight is 333 g/mol. The van der Waals surface area contributed by atoms with Gasteiger partial charge in [0.2, 0.25) is 0 Å². The van der Waals surface area contributed by atoms with E-state index in [0.717, 1.165) is 21.1 Å². The van der Waals surface area contributed by atoms with Crippen molar-refractivity contribution in [1.82, 2.24) is 9.97 Å². The molecule has 0 unspecified atom stereocenters. The number of aromatic amines is 1. The standard InChI is InChI=1S/C14H7BrClN3/c15-9-2-3-10(11(16)6-9)14-18-12-4-1-8(7-17)5-13(12)19-14/h1-6H,(H,18,19). The molecule has 3 aromatic rings. The third kappa shape index (κ3) is 2.23. The van der Waals surface area contributed by atoms with Crippen LogP contribution in [0.2, 0.25) is 5.02 Å². The predicted molar refractivity (Wildman–Crippen MR) is 79.0 cm³/mol. The molecule has 0 atom stereocenters. The van der Waals surface area contributed by atoms with Gasteiger partial charge in [0.1, 0.15) is 5.82 Å². The van der Waals surface area contributed by atoms with E-state index < -0.39 is 0 Å². The quantitative estimate of drug-likeness (QED) is 0.712. The van der Waals surface area contributed by atoms with Crippen LogP contribution in [-0.4, -0.2) is 9.97 Å². The highest BCUT2D eigenvalue weighted by atomic mass is 79.9. The Hall–Kier alpha value is -1.83. The summed E-state index contributed by atoms with van der Waals surface area (Å²) < 4.78 is 0.920. The van der Waals surface area contributed by atoms with E-state index in [1.165, 1.54) is 0 Å². The first kappa shape index (κ1) is 12.2. The maximum Gasteiger partial charge on any atom is 0.139 e. The van der Waals surface area contributed by atoms with Crippen LogP contribution >= 0.6 is 27.5 Å². The molecule has 0 amide bonds. The van der Waals surface area contributed by atoms with Crippen LogP contribution in [0.4, 0.5) is 0 Å². The lowest BCUT2D eigenvalue weighted by atomic mass is 10.2. The van der Waals surface area contributed by atoms with Crippen molar-refractivity contribution >= 4 is 38.6 Å². The third-order valence-corrected chi connectivity index (χ3v) is 3.60. The van der Waals surface area contributed by atoms with E-state index in [2.05, 4.69) is 32.0 Å². The van der Waals surface area contributed by atoms with Crippen molar-refractivity contribution < 1.29 is 0 Å². The van der Waals surface area contributed by atoms with E-state index >= 15 is 0 Å². The van der Waals surface area contributed by atoms with Gasteiger partial charge in [-0.1, -0.05) is 27.5 Å². The molecule has 1 heterocycles. The van der Waals surface area contributed by atoms with Crippen LogP contribution in [-0.2, 0) is 0 Å². The first-order valence-corrected chi connectivity index (χ1v) is 6.70. The van der Waals surface area contributed by atoms with Gasteiger partial charge in [0.15, 0.2) is 0 Å². The number of H-pyrrole nitrogens is 1. The Morgan fingerprint density at radius 1 is 1.21 bits per heavy atom. The molecule has 0 aliphatic rings. The molecular formula is C14H7BrClN3. The number of hydrogen-bond acceptors (Lipinski definition) is 2. The second-order valence-corrected chi connectivity index (χ2v) is 5.38. The van der Waals surface area contributed by atoms with Gasteiger partial charge >= 0.3 is 0 Å². The molecule has 0 fully saturated rings. The Labute approximate surface area is 123 Å². The maximum absolute atomic E-state index is 8.88. The number of benzene rings is 2. The Kier molecular flexibility index (Phi) is 3.02. The average Bonchev–Trinajstić information content (AvgIpc) is 2.80. The Bertz CT molecular complexity index is 817. The highest BCUT2D eigenvalue weighted by Gasteiger charge is 2.09. The van der Waals surface area contributed by atoms with Crippen molar-refractivity contribution in [3.05, 3.63) is 51.5 Å². The van der Waals surface area contributed by atoms with Gasteiger partial charge in [0, 0.05) is 10.0 Å². The summed E-state index contributed by atoms with van der Waals surface area (Å²) in [6, 6.07) is 13.1. The van der Waals surface area contributed by atoms with Crippen LogP contribution in [0.5, 0.6) is 0 Å². The summed E-state index contributed by atoms with van der Waals surface area (Å²) in [5.74, 6) is 0.697. The molecule has 0 aliphatic carbocycles. The zero-order chi connectivity index (χ0) is 13.4. The zero-order valence-corrected chi connectivity index (χ0v) is 12.0. The van der Waals surface area contributed by atoms with E-state index in [0.29, 0.717) is 16.4 Å². The highest BCUT2D eigenvalue weighted by Crippen LogP contribution is 2.30. The molecular weight excluding hydrogens is 326 g/mol. The summed E-state index contributed by atoms with van der Waals surface area (Å²) in [4.78, 5) is 7.67. The van der Waals surface area contributed by atoms with Crippen molar-refractivity contribution in [3.8, 4) is 17.5 Å². The van der Waals surface area contributed by atoms with E-state index in [1.807, 2.05) is 24.3 Å². The molecule has 0 bridgehead atoms. The number of hydrogen-bond donors (Lipinski definition) is 1. The lowest BCUT2D eigenvalue weighted by molar-refractivity contribution is 1.33. The lowest BCUT2D eigenvalue weighted by Crippen LogP contribution is -1.81. The van der Waals surface area contributed by atoms with Crippen LogP contribution in [0.3, 0.4) is 0 Å². The Morgan fingerprint density at radius 2 is 2.05 bits per heavy atom. The van der Waals surface area contributed by atoms with Crippen molar-refractivity contribution in [3.63, 3.8) is 0 Å². The zero-order valence-electron chi connectivity index (χ0n) is 9.61. The summed E-state index contributed by atoms with van der Waals surface area (Å²) in [5.41, 5.74) is 3.07. The topological polar surface area (TPSA) is 52.5 Å². The summed E-state index contributed by atoms with van der Waals surface area (Å²) in [6.45, 7) is 0. The molecule has 5 heteroatoms. The second kappa shape index (κ2) is 4.69. The largest absolute Gasteiger partial charge is 0.338 e. The van der Waals surface area contributed by atoms with E-state index in [9.17, 15) is 0 Å². The number of rotatable bonds is 1. The molecule has 3 nitrogen and oxygen atoms in total. The molecule has 0 saturated heterocycles. The van der Waals surface area contributed by atoms with Gasteiger partial charge in [-0.3, -0.25) is 0 Å². The fourth-order valence-electron chi connectivity index (χ4n) is 1.89. The van der Waals surface area contributed by atoms with Crippen LogP contribution in [0.15, 0.2) is 40.9 Å². The normalized spacial score (nSPS) is 10.6.